The van der Waals surface area contributed by atoms with E-state index in [1.807, 2.05) is 4.68 Å². The lowest BCUT2D eigenvalue weighted by Crippen LogP contribution is -2.47. The van der Waals surface area contributed by atoms with Crippen molar-refractivity contribution >= 4 is 0 Å². The molecule has 8 heteroatoms. The van der Waals surface area contributed by atoms with Crippen molar-refractivity contribution in [2.75, 3.05) is 20.2 Å². The topological polar surface area (TPSA) is 52.4 Å². The summed E-state index contributed by atoms with van der Waals surface area (Å²) in [5.41, 5.74) is 1.37. The molecule has 6 nitrogen and oxygen atoms in total. The summed E-state index contributed by atoms with van der Waals surface area (Å²) in [6.45, 7) is 2.37. The van der Waals surface area contributed by atoms with E-state index < -0.39 is 11.6 Å². The maximum Gasteiger partial charge on any atom is 0.190 e. The Morgan fingerprint density at radius 2 is 2.25 bits per heavy atom. The first-order valence-corrected chi connectivity index (χ1v) is 7.91. The molecule has 1 saturated heterocycles. The summed E-state index contributed by atoms with van der Waals surface area (Å²) < 4.78 is 40.5. The minimum Gasteiger partial charge on any atom is -0.491 e. The number of likely N-dealkylation sites (tertiary alicyclic amines) is 1. The molecule has 0 spiro atoms. The molecule has 0 unspecified atom stereocenters. The molecule has 0 amide bonds. The van der Waals surface area contributed by atoms with E-state index in [1.165, 1.54) is 19.2 Å². The third-order valence-electron chi connectivity index (χ3n) is 4.74. The second kappa shape index (κ2) is 6.10. The number of ether oxygens (including phenoxy) is 2. The molecule has 3 heterocycles. The van der Waals surface area contributed by atoms with E-state index in [0.29, 0.717) is 25.3 Å². The molecular weight excluding hydrogens is 318 g/mol. The molecule has 0 N–H and O–H groups in total. The molecule has 0 saturated carbocycles. The second-order valence-corrected chi connectivity index (χ2v) is 6.16. The zero-order valence-electron chi connectivity index (χ0n) is 13.3. The minimum absolute atomic E-state index is 0.0652. The van der Waals surface area contributed by atoms with Gasteiger partial charge >= 0.3 is 0 Å². The van der Waals surface area contributed by atoms with Crippen LogP contribution < -0.4 is 4.74 Å². The van der Waals surface area contributed by atoms with Crippen LogP contribution in [0.25, 0.3) is 0 Å². The highest BCUT2D eigenvalue weighted by molar-refractivity contribution is 5.32. The number of aromatic nitrogens is 3. The predicted octanol–water partition coefficient (Wildman–Crippen LogP) is 1.91. The lowest BCUT2D eigenvalue weighted by molar-refractivity contribution is -0.0671. The van der Waals surface area contributed by atoms with Gasteiger partial charge < -0.3 is 9.47 Å². The number of fused-ring (bicyclic) bond motifs is 3. The Balaban J connectivity index is 1.54. The first kappa shape index (κ1) is 15.5. The van der Waals surface area contributed by atoms with Crippen LogP contribution in [0.15, 0.2) is 18.3 Å². The standard InChI is InChI=1S/C16H18F2N4O2/c1-23-16-12(17)3-2-10(15(16)18)7-21-5-4-14-13(8-21)22-11(9-24-14)6-19-20-22/h2-3,6,13-14H,4-5,7-9H2,1H3/t13-,14+/m1/s1. The monoisotopic (exact) mass is 336 g/mol. The van der Waals surface area contributed by atoms with Gasteiger partial charge in [-0.1, -0.05) is 11.3 Å². The number of piperidine rings is 1. The molecule has 0 radical (unpaired) electrons. The third-order valence-corrected chi connectivity index (χ3v) is 4.74. The minimum atomic E-state index is -0.689. The Kier molecular flexibility index (Phi) is 3.93. The first-order chi connectivity index (χ1) is 11.7. The summed E-state index contributed by atoms with van der Waals surface area (Å²) in [5, 5.41) is 8.10. The van der Waals surface area contributed by atoms with Crippen molar-refractivity contribution in [3.8, 4) is 5.75 Å². The van der Waals surface area contributed by atoms with Crippen molar-refractivity contribution in [3.05, 3.63) is 41.2 Å². The van der Waals surface area contributed by atoms with Gasteiger partial charge in [-0.2, -0.15) is 0 Å². The van der Waals surface area contributed by atoms with Gasteiger partial charge in [0.25, 0.3) is 0 Å². The highest BCUT2D eigenvalue weighted by atomic mass is 19.1. The largest absolute Gasteiger partial charge is 0.491 e. The molecule has 128 valence electrons. The maximum atomic E-state index is 14.4. The van der Waals surface area contributed by atoms with Gasteiger partial charge in [0, 0.05) is 25.2 Å². The molecule has 2 atom stereocenters. The van der Waals surface area contributed by atoms with E-state index in [2.05, 4.69) is 15.2 Å². The van der Waals surface area contributed by atoms with Crippen LogP contribution in [0, 0.1) is 11.6 Å². The number of methoxy groups -OCH3 is 1. The van der Waals surface area contributed by atoms with E-state index in [0.717, 1.165) is 18.7 Å². The quantitative estimate of drug-likeness (QED) is 0.857. The van der Waals surface area contributed by atoms with Gasteiger partial charge in [-0.25, -0.2) is 13.5 Å². The Morgan fingerprint density at radius 3 is 3.08 bits per heavy atom. The van der Waals surface area contributed by atoms with Gasteiger partial charge in [0.2, 0.25) is 0 Å². The number of hydrogen-bond acceptors (Lipinski definition) is 5. The summed E-state index contributed by atoms with van der Waals surface area (Å²) in [4.78, 5) is 2.12. The molecule has 4 rings (SSSR count). The van der Waals surface area contributed by atoms with Gasteiger partial charge in [-0.15, -0.1) is 5.10 Å². The molecular formula is C16H18F2N4O2. The van der Waals surface area contributed by atoms with E-state index in [-0.39, 0.29) is 17.9 Å². The number of halogens is 2. The molecule has 1 aromatic carbocycles. The van der Waals surface area contributed by atoms with Crippen LogP contribution in [0.4, 0.5) is 8.78 Å². The van der Waals surface area contributed by atoms with Crippen LogP contribution in [0.2, 0.25) is 0 Å². The zero-order valence-corrected chi connectivity index (χ0v) is 13.3. The van der Waals surface area contributed by atoms with Gasteiger partial charge in [-0.05, 0) is 12.5 Å². The van der Waals surface area contributed by atoms with Crippen LogP contribution >= 0.6 is 0 Å². The van der Waals surface area contributed by atoms with Gasteiger partial charge in [0.1, 0.15) is 0 Å². The van der Waals surface area contributed by atoms with Crippen molar-refractivity contribution in [2.24, 2.45) is 0 Å². The van der Waals surface area contributed by atoms with Gasteiger partial charge in [0.15, 0.2) is 17.4 Å². The predicted molar refractivity (Wildman–Crippen MR) is 80.4 cm³/mol. The van der Waals surface area contributed by atoms with Gasteiger partial charge in [-0.3, -0.25) is 4.90 Å². The van der Waals surface area contributed by atoms with Gasteiger partial charge in [0.05, 0.1) is 37.8 Å². The lowest BCUT2D eigenvalue weighted by atomic mass is 9.99. The Labute approximate surface area is 138 Å². The normalized spacial score (nSPS) is 23.6. The summed E-state index contributed by atoms with van der Waals surface area (Å²) in [6.07, 6.45) is 2.65. The highest BCUT2D eigenvalue weighted by Crippen LogP contribution is 2.32. The Bertz CT molecular complexity index is 752. The number of rotatable bonds is 3. The zero-order chi connectivity index (χ0) is 16.7. The first-order valence-electron chi connectivity index (χ1n) is 7.91. The molecule has 0 aliphatic carbocycles. The van der Waals surface area contributed by atoms with Crippen molar-refractivity contribution in [1.82, 2.24) is 19.9 Å². The highest BCUT2D eigenvalue weighted by Gasteiger charge is 2.36. The van der Waals surface area contributed by atoms with Crippen LogP contribution in [0.1, 0.15) is 23.7 Å². The summed E-state index contributed by atoms with van der Waals surface area (Å²) in [7, 11) is 1.27. The Morgan fingerprint density at radius 1 is 1.38 bits per heavy atom. The van der Waals surface area contributed by atoms with E-state index >= 15 is 0 Å². The fourth-order valence-electron chi connectivity index (χ4n) is 3.51. The van der Waals surface area contributed by atoms with Crippen LogP contribution in [-0.4, -0.2) is 46.2 Å². The lowest BCUT2D eigenvalue weighted by Gasteiger charge is -2.41. The van der Waals surface area contributed by atoms with E-state index in [4.69, 9.17) is 9.47 Å². The molecule has 1 aromatic heterocycles. The fourth-order valence-corrected chi connectivity index (χ4v) is 3.51. The average molecular weight is 336 g/mol. The SMILES string of the molecule is COc1c(F)ccc(CN2CC[C@@H]3OCc4cnnn4[C@@H]3C2)c1F. The summed E-state index contributed by atoms with van der Waals surface area (Å²) in [5.74, 6) is -1.66. The molecule has 24 heavy (non-hydrogen) atoms. The van der Waals surface area contributed by atoms with Crippen molar-refractivity contribution in [1.29, 1.82) is 0 Å². The summed E-state index contributed by atoms with van der Waals surface area (Å²) >= 11 is 0. The molecule has 1 fully saturated rings. The molecule has 2 aliphatic rings. The van der Waals surface area contributed by atoms with E-state index in [9.17, 15) is 8.78 Å². The molecule has 0 bridgehead atoms. The number of hydrogen-bond donors (Lipinski definition) is 0. The average Bonchev–Trinajstić information content (AvgIpc) is 3.07. The van der Waals surface area contributed by atoms with Crippen molar-refractivity contribution < 1.29 is 18.3 Å². The van der Waals surface area contributed by atoms with Crippen molar-refractivity contribution in [3.63, 3.8) is 0 Å². The van der Waals surface area contributed by atoms with Crippen LogP contribution in [-0.2, 0) is 17.9 Å². The molecule has 2 aliphatic heterocycles. The second-order valence-electron chi connectivity index (χ2n) is 6.16. The van der Waals surface area contributed by atoms with Crippen LogP contribution in [0.5, 0.6) is 5.75 Å². The smallest absolute Gasteiger partial charge is 0.190 e. The van der Waals surface area contributed by atoms with E-state index in [1.54, 1.807) is 6.20 Å². The Hall–Kier alpha value is -2.06. The van der Waals surface area contributed by atoms with Crippen LogP contribution in [0.3, 0.4) is 0 Å². The summed E-state index contributed by atoms with van der Waals surface area (Å²) in [6, 6.07) is 2.77. The fraction of sp³-hybridized carbons (Fsp3) is 0.500. The molecule has 2 aromatic rings. The maximum absolute atomic E-state index is 14.4. The van der Waals surface area contributed by atoms with Crippen molar-refractivity contribution in [2.45, 2.75) is 31.7 Å². The third kappa shape index (κ3) is 2.55. The number of nitrogens with zero attached hydrogens (tertiary/aromatic N) is 4. The number of benzene rings is 1.